The van der Waals surface area contributed by atoms with Gasteiger partial charge in [0.05, 0.1) is 5.92 Å². The maximum absolute atomic E-state index is 13.2. The molecule has 0 radical (unpaired) electrons. The van der Waals surface area contributed by atoms with Crippen LogP contribution in [0.25, 0.3) is 0 Å². The number of carbonyl (C=O) groups excluding carboxylic acids is 2. The number of esters is 2. The zero-order chi connectivity index (χ0) is 22.0. The fraction of sp³-hybridized carbons (Fsp3) is 0.148. The van der Waals surface area contributed by atoms with Gasteiger partial charge in [-0.2, -0.15) is 0 Å². The van der Waals surface area contributed by atoms with Crippen LogP contribution < -0.4 is 0 Å². The van der Waals surface area contributed by atoms with Crippen LogP contribution in [0.2, 0.25) is 0 Å². The van der Waals surface area contributed by atoms with Crippen LogP contribution in [0.15, 0.2) is 108 Å². The van der Waals surface area contributed by atoms with Gasteiger partial charge >= 0.3 is 11.9 Å². The first kappa shape index (κ1) is 19.9. The molecule has 1 heterocycles. The van der Waals surface area contributed by atoms with Crippen LogP contribution >= 0.6 is 0 Å². The SMILES string of the molecule is O=C(OCc1ccccc1)C1=CC[C@]2(N=C(c3ccccc3)OC2=O)[C@@H]1c1ccccc1. The van der Waals surface area contributed by atoms with E-state index < -0.39 is 23.4 Å². The molecule has 1 spiro atoms. The molecule has 2 atom stereocenters. The second-order valence-electron chi connectivity index (χ2n) is 7.87. The average molecular weight is 423 g/mol. The summed E-state index contributed by atoms with van der Waals surface area (Å²) in [5, 5.41) is 0. The molecule has 0 unspecified atom stereocenters. The van der Waals surface area contributed by atoms with Gasteiger partial charge in [0, 0.05) is 17.6 Å². The van der Waals surface area contributed by atoms with Crippen molar-refractivity contribution in [3.8, 4) is 0 Å². The summed E-state index contributed by atoms with van der Waals surface area (Å²) in [5.41, 5.74) is 1.66. The molecule has 0 aromatic heterocycles. The number of rotatable bonds is 5. The van der Waals surface area contributed by atoms with Gasteiger partial charge in [-0.05, 0) is 23.3 Å². The molecular formula is C27H21NO4. The van der Waals surface area contributed by atoms with Gasteiger partial charge in [-0.1, -0.05) is 84.9 Å². The minimum atomic E-state index is -1.21. The number of cyclic esters (lactones) is 1. The Morgan fingerprint density at radius 3 is 2.25 bits per heavy atom. The topological polar surface area (TPSA) is 65.0 Å². The molecule has 5 nitrogen and oxygen atoms in total. The van der Waals surface area contributed by atoms with Crippen LogP contribution in [-0.2, 0) is 25.7 Å². The number of hydrogen-bond donors (Lipinski definition) is 0. The zero-order valence-corrected chi connectivity index (χ0v) is 17.3. The Hall–Kier alpha value is -3.99. The lowest BCUT2D eigenvalue weighted by atomic mass is 9.79. The summed E-state index contributed by atoms with van der Waals surface area (Å²) in [6.07, 6.45) is 2.04. The Morgan fingerprint density at radius 2 is 1.56 bits per heavy atom. The molecule has 0 saturated carbocycles. The van der Waals surface area contributed by atoms with E-state index in [4.69, 9.17) is 14.5 Å². The zero-order valence-electron chi connectivity index (χ0n) is 17.3. The Kier molecular flexibility index (Phi) is 5.15. The number of aliphatic imine (C=N–C) groups is 1. The third-order valence-electron chi connectivity index (χ3n) is 5.87. The molecule has 32 heavy (non-hydrogen) atoms. The van der Waals surface area contributed by atoms with Crippen molar-refractivity contribution in [2.75, 3.05) is 0 Å². The van der Waals surface area contributed by atoms with E-state index in [-0.39, 0.29) is 18.9 Å². The van der Waals surface area contributed by atoms with E-state index in [1.54, 1.807) is 6.08 Å². The second kappa shape index (κ2) is 8.27. The number of carbonyl (C=O) groups is 2. The molecule has 1 aliphatic carbocycles. The molecule has 2 aliphatic rings. The van der Waals surface area contributed by atoms with Crippen molar-refractivity contribution in [3.63, 3.8) is 0 Å². The number of benzene rings is 3. The molecule has 0 fully saturated rings. The maximum atomic E-state index is 13.2. The summed E-state index contributed by atoms with van der Waals surface area (Å²) in [7, 11) is 0. The highest BCUT2D eigenvalue weighted by molar-refractivity contribution is 6.10. The Balaban J connectivity index is 1.49. The average Bonchev–Trinajstić information content (AvgIpc) is 3.40. The van der Waals surface area contributed by atoms with E-state index >= 15 is 0 Å². The number of nitrogens with zero attached hydrogens (tertiary/aromatic N) is 1. The van der Waals surface area contributed by atoms with Gasteiger partial charge in [-0.3, -0.25) is 0 Å². The second-order valence-corrected chi connectivity index (χ2v) is 7.87. The normalized spacial score (nSPS) is 21.8. The van der Waals surface area contributed by atoms with Crippen molar-refractivity contribution < 1.29 is 19.1 Å². The molecule has 5 rings (SSSR count). The number of ether oxygens (including phenoxy) is 2. The lowest BCUT2D eigenvalue weighted by Crippen LogP contribution is -2.39. The van der Waals surface area contributed by atoms with Crippen molar-refractivity contribution >= 4 is 17.8 Å². The lowest BCUT2D eigenvalue weighted by molar-refractivity contribution is -0.141. The smallest absolute Gasteiger partial charge is 0.342 e. The van der Waals surface area contributed by atoms with E-state index in [1.165, 1.54) is 0 Å². The van der Waals surface area contributed by atoms with Crippen molar-refractivity contribution in [2.45, 2.75) is 24.5 Å². The van der Waals surface area contributed by atoms with Crippen molar-refractivity contribution in [1.29, 1.82) is 0 Å². The van der Waals surface area contributed by atoms with Crippen LogP contribution in [0.3, 0.4) is 0 Å². The minimum absolute atomic E-state index is 0.161. The summed E-state index contributed by atoms with van der Waals surface area (Å²) < 4.78 is 11.2. The molecule has 0 bridgehead atoms. The fourth-order valence-corrected chi connectivity index (χ4v) is 4.31. The first-order valence-corrected chi connectivity index (χ1v) is 10.5. The van der Waals surface area contributed by atoms with Crippen molar-refractivity contribution in [3.05, 3.63) is 119 Å². The van der Waals surface area contributed by atoms with E-state index in [0.29, 0.717) is 5.57 Å². The van der Waals surface area contributed by atoms with E-state index in [9.17, 15) is 9.59 Å². The van der Waals surface area contributed by atoms with Crippen LogP contribution in [0.5, 0.6) is 0 Å². The predicted octanol–water partition coefficient (Wildman–Crippen LogP) is 4.59. The monoisotopic (exact) mass is 423 g/mol. The first-order valence-electron chi connectivity index (χ1n) is 10.5. The van der Waals surface area contributed by atoms with Crippen molar-refractivity contribution in [2.24, 2.45) is 4.99 Å². The summed E-state index contributed by atoms with van der Waals surface area (Å²) in [4.78, 5) is 31.1. The van der Waals surface area contributed by atoms with Gasteiger partial charge in [0.2, 0.25) is 5.90 Å². The van der Waals surface area contributed by atoms with Gasteiger partial charge in [0.15, 0.2) is 5.54 Å². The third-order valence-corrected chi connectivity index (χ3v) is 5.87. The molecule has 1 aliphatic heterocycles. The summed E-state index contributed by atoms with van der Waals surface area (Å²) in [5.74, 6) is -1.20. The van der Waals surface area contributed by atoms with Gasteiger partial charge in [-0.15, -0.1) is 0 Å². The molecule has 3 aromatic rings. The van der Waals surface area contributed by atoms with E-state index in [0.717, 1.165) is 16.7 Å². The van der Waals surface area contributed by atoms with Gasteiger partial charge in [-0.25, -0.2) is 14.6 Å². The van der Waals surface area contributed by atoms with Crippen molar-refractivity contribution in [1.82, 2.24) is 0 Å². The summed E-state index contributed by atoms with van der Waals surface area (Å²) in [6.45, 7) is 0.161. The fourth-order valence-electron chi connectivity index (χ4n) is 4.31. The standard InChI is InChI=1S/C27H21NO4/c29-25(31-18-19-10-4-1-5-11-19)22-16-17-27(23(22)20-12-6-2-7-13-20)26(30)32-24(28-27)21-14-8-3-9-15-21/h1-16,23H,17-18H2/t23-,27+/m1/s1. The van der Waals surface area contributed by atoms with Crippen LogP contribution in [0, 0.1) is 0 Å². The first-order chi connectivity index (χ1) is 15.7. The molecular weight excluding hydrogens is 402 g/mol. The molecule has 158 valence electrons. The molecule has 5 heteroatoms. The van der Waals surface area contributed by atoms with Crippen LogP contribution in [-0.4, -0.2) is 23.4 Å². The molecule has 0 N–H and O–H groups in total. The Labute approximate surface area is 186 Å². The molecule has 0 amide bonds. The quantitative estimate of drug-likeness (QED) is 0.563. The van der Waals surface area contributed by atoms with Crippen LogP contribution in [0.1, 0.15) is 29.0 Å². The highest BCUT2D eigenvalue weighted by atomic mass is 16.6. The largest absolute Gasteiger partial charge is 0.457 e. The maximum Gasteiger partial charge on any atom is 0.342 e. The Bertz CT molecular complexity index is 1200. The van der Waals surface area contributed by atoms with Gasteiger partial charge < -0.3 is 9.47 Å². The Morgan fingerprint density at radius 1 is 0.938 bits per heavy atom. The van der Waals surface area contributed by atoms with Gasteiger partial charge in [0.1, 0.15) is 6.61 Å². The lowest BCUT2D eigenvalue weighted by Gasteiger charge is -2.27. The van der Waals surface area contributed by atoms with Crippen LogP contribution in [0.4, 0.5) is 0 Å². The number of hydrogen-bond acceptors (Lipinski definition) is 5. The summed E-state index contributed by atoms with van der Waals surface area (Å²) >= 11 is 0. The van der Waals surface area contributed by atoms with E-state index in [1.807, 2.05) is 91.0 Å². The van der Waals surface area contributed by atoms with E-state index in [2.05, 4.69) is 0 Å². The van der Waals surface area contributed by atoms with Gasteiger partial charge in [0.25, 0.3) is 0 Å². The predicted molar refractivity (Wildman–Crippen MR) is 120 cm³/mol. The highest BCUT2D eigenvalue weighted by Crippen LogP contribution is 2.49. The third kappa shape index (κ3) is 3.52. The minimum Gasteiger partial charge on any atom is -0.457 e. The highest BCUT2D eigenvalue weighted by Gasteiger charge is 2.57. The molecule has 3 aromatic carbocycles. The summed E-state index contributed by atoms with van der Waals surface area (Å²) in [6, 6.07) is 28.3. The molecule has 0 saturated heterocycles.